The van der Waals surface area contributed by atoms with Crippen LogP contribution in [0.25, 0.3) is 0 Å². The van der Waals surface area contributed by atoms with E-state index in [0.717, 1.165) is 17.0 Å². The highest BCUT2D eigenvalue weighted by atomic mass is 16.6. The second kappa shape index (κ2) is 4.97. The molecule has 1 aromatic carbocycles. The summed E-state index contributed by atoms with van der Waals surface area (Å²) in [6.07, 6.45) is 0. The Morgan fingerprint density at radius 1 is 1.42 bits per heavy atom. The van der Waals surface area contributed by atoms with E-state index < -0.39 is 4.92 Å². The fourth-order valence-electron chi connectivity index (χ4n) is 1.79. The number of rotatable bonds is 4. The quantitative estimate of drug-likeness (QED) is 0.497. The molecule has 7 nitrogen and oxygen atoms in total. The highest BCUT2D eigenvalue weighted by Crippen LogP contribution is 2.23. The van der Waals surface area contributed by atoms with Gasteiger partial charge >= 0.3 is 0 Å². The number of hydrogen-bond donors (Lipinski definition) is 2. The minimum Gasteiger partial charge on any atom is -0.398 e. The standard InChI is InChI=1S/C12H14N4O3/c1-7-12(8(2)19-15-7)6-14-10-3-9(13)4-11(5-10)16(17)18/h3-5,14H,6,13H2,1-2H3. The lowest BCUT2D eigenvalue weighted by molar-refractivity contribution is -0.384. The smallest absolute Gasteiger partial charge is 0.273 e. The molecule has 1 aromatic heterocycles. The maximum absolute atomic E-state index is 10.7. The summed E-state index contributed by atoms with van der Waals surface area (Å²) >= 11 is 0. The molecular formula is C12H14N4O3. The predicted molar refractivity (Wildman–Crippen MR) is 70.8 cm³/mol. The molecule has 7 heteroatoms. The van der Waals surface area contributed by atoms with Gasteiger partial charge in [0.2, 0.25) is 0 Å². The molecule has 0 unspecified atom stereocenters. The molecule has 0 radical (unpaired) electrons. The first kappa shape index (κ1) is 12.9. The number of anilines is 2. The van der Waals surface area contributed by atoms with Crippen molar-refractivity contribution in [2.24, 2.45) is 0 Å². The SMILES string of the molecule is Cc1noc(C)c1CNc1cc(N)cc([N+](=O)[O-])c1. The number of aryl methyl sites for hydroxylation is 2. The zero-order chi connectivity index (χ0) is 14.0. The molecule has 0 aliphatic rings. The van der Waals surface area contributed by atoms with Crippen molar-refractivity contribution >= 4 is 17.1 Å². The topological polar surface area (TPSA) is 107 Å². The van der Waals surface area contributed by atoms with Gasteiger partial charge in [-0.2, -0.15) is 0 Å². The van der Waals surface area contributed by atoms with Crippen molar-refractivity contribution in [3.05, 3.63) is 45.3 Å². The number of nitro groups is 1. The molecule has 2 aromatic rings. The molecule has 0 spiro atoms. The second-order valence-electron chi connectivity index (χ2n) is 4.23. The van der Waals surface area contributed by atoms with Gasteiger partial charge in [0, 0.05) is 35.6 Å². The summed E-state index contributed by atoms with van der Waals surface area (Å²) in [7, 11) is 0. The molecule has 0 saturated carbocycles. The van der Waals surface area contributed by atoms with Gasteiger partial charge in [-0.15, -0.1) is 0 Å². The van der Waals surface area contributed by atoms with Gasteiger partial charge in [-0.25, -0.2) is 0 Å². The van der Waals surface area contributed by atoms with Crippen molar-refractivity contribution < 1.29 is 9.45 Å². The molecule has 0 fully saturated rings. The Balaban J connectivity index is 2.18. The Hall–Kier alpha value is -2.57. The van der Waals surface area contributed by atoms with Crippen LogP contribution in [0.15, 0.2) is 22.7 Å². The normalized spacial score (nSPS) is 10.4. The van der Waals surface area contributed by atoms with Crippen LogP contribution in [0.1, 0.15) is 17.0 Å². The monoisotopic (exact) mass is 262 g/mol. The minimum absolute atomic E-state index is 0.0405. The van der Waals surface area contributed by atoms with Gasteiger partial charge in [0.15, 0.2) is 0 Å². The largest absolute Gasteiger partial charge is 0.398 e. The Morgan fingerprint density at radius 3 is 2.74 bits per heavy atom. The third kappa shape index (κ3) is 2.82. The van der Waals surface area contributed by atoms with Gasteiger partial charge in [0.1, 0.15) is 5.76 Å². The van der Waals surface area contributed by atoms with Gasteiger partial charge in [-0.3, -0.25) is 10.1 Å². The highest BCUT2D eigenvalue weighted by molar-refractivity contribution is 5.61. The number of nitrogens with zero attached hydrogens (tertiary/aromatic N) is 2. The summed E-state index contributed by atoms with van der Waals surface area (Å²) in [6.45, 7) is 4.13. The third-order valence-corrected chi connectivity index (χ3v) is 2.80. The van der Waals surface area contributed by atoms with Crippen molar-refractivity contribution in [1.29, 1.82) is 0 Å². The maximum atomic E-state index is 10.7. The first-order valence-corrected chi connectivity index (χ1v) is 5.68. The molecule has 1 heterocycles. The van der Waals surface area contributed by atoms with E-state index in [-0.39, 0.29) is 5.69 Å². The average molecular weight is 262 g/mol. The molecule has 100 valence electrons. The Morgan fingerprint density at radius 2 is 2.16 bits per heavy atom. The molecule has 19 heavy (non-hydrogen) atoms. The lowest BCUT2D eigenvalue weighted by Crippen LogP contribution is -2.03. The average Bonchev–Trinajstić information content (AvgIpc) is 2.66. The predicted octanol–water partition coefficient (Wildman–Crippen LogP) is 2.39. The first-order valence-electron chi connectivity index (χ1n) is 5.68. The minimum atomic E-state index is -0.475. The van der Waals surface area contributed by atoms with E-state index in [0.29, 0.717) is 17.9 Å². The number of hydrogen-bond acceptors (Lipinski definition) is 6. The van der Waals surface area contributed by atoms with E-state index in [1.54, 1.807) is 6.07 Å². The molecule has 2 rings (SSSR count). The number of benzene rings is 1. The van der Waals surface area contributed by atoms with Crippen LogP contribution in [-0.2, 0) is 6.54 Å². The fourth-order valence-corrected chi connectivity index (χ4v) is 1.79. The number of nitrogens with one attached hydrogen (secondary N) is 1. The van der Waals surface area contributed by atoms with E-state index >= 15 is 0 Å². The van der Waals surface area contributed by atoms with Crippen molar-refractivity contribution in [1.82, 2.24) is 5.16 Å². The van der Waals surface area contributed by atoms with Crippen LogP contribution in [0.5, 0.6) is 0 Å². The first-order chi connectivity index (χ1) is 8.97. The number of nitro benzene ring substituents is 1. The van der Waals surface area contributed by atoms with Crippen molar-refractivity contribution in [3.63, 3.8) is 0 Å². The van der Waals surface area contributed by atoms with Gasteiger partial charge in [-0.1, -0.05) is 5.16 Å². The van der Waals surface area contributed by atoms with E-state index in [4.69, 9.17) is 10.3 Å². The van der Waals surface area contributed by atoms with Crippen LogP contribution in [0.2, 0.25) is 0 Å². The van der Waals surface area contributed by atoms with E-state index in [1.165, 1.54) is 12.1 Å². The lowest BCUT2D eigenvalue weighted by Gasteiger charge is -2.07. The number of nitrogens with two attached hydrogens (primary N) is 1. The van der Waals surface area contributed by atoms with Gasteiger partial charge in [0.05, 0.1) is 10.6 Å². The van der Waals surface area contributed by atoms with Crippen LogP contribution in [0.3, 0.4) is 0 Å². The number of nitrogen functional groups attached to an aromatic ring is 1. The lowest BCUT2D eigenvalue weighted by atomic mass is 10.2. The number of aromatic nitrogens is 1. The molecular weight excluding hydrogens is 248 g/mol. The summed E-state index contributed by atoms with van der Waals surface area (Å²) in [5.74, 6) is 0.725. The molecule has 0 amide bonds. The van der Waals surface area contributed by atoms with Crippen LogP contribution < -0.4 is 11.1 Å². The van der Waals surface area contributed by atoms with E-state index in [1.807, 2.05) is 13.8 Å². The molecule has 0 aliphatic heterocycles. The second-order valence-corrected chi connectivity index (χ2v) is 4.23. The van der Waals surface area contributed by atoms with E-state index in [2.05, 4.69) is 10.5 Å². The maximum Gasteiger partial charge on any atom is 0.273 e. The molecule has 0 atom stereocenters. The molecule has 0 bridgehead atoms. The van der Waals surface area contributed by atoms with Crippen molar-refractivity contribution in [3.8, 4) is 0 Å². The molecule has 0 saturated heterocycles. The van der Waals surface area contributed by atoms with E-state index in [9.17, 15) is 10.1 Å². The van der Waals surface area contributed by atoms with Crippen LogP contribution in [-0.4, -0.2) is 10.1 Å². The van der Waals surface area contributed by atoms with Crippen LogP contribution >= 0.6 is 0 Å². The van der Waals surface area contributed by atoms with Crippen molar-refractivity contribution in [2.75, 3.05) is 11.1 Å². The highest BCUT2D eigenvalue weighted by Gasteiger charge is 2.11. The zero-order valence-electron chi connectivity index (χ0n) is 10.6. The van der Waals surface area contributed by atoms with Crippen molar-refractivity contribution in [2.45, 2.75) is 20.4 Å². The Kier molecular flexibility index (Phi) is 3.37. The summed E-state index contributed by atoms with van der Waals surface area (Å²) in [4.78, 5) is 10.3. The molecule has 0 aliphatic carbocycles. The number of non-ortho nitro benzene ring substituents is 1. The van der Waals surface area contributed by atoms with Gasteiger partial charge in [-0.05, 0) is 19.9 Å². The fraction of sp³-hybridized carbons (Fsp3) is 0.250. The third-order valence-electron chi connectivity index (χ3n) is 2.80. The Labute approximate surface area is 109 Å². The Bertz CT molecular complexity index is 602. The molecule has 3 N–H and O–H groups in total. The summed E-state index contributed by atoms with van der Waals surface area (Å²) < 4.78 is 5.05. The van der Waals surface area contributed by atoms with Crippen LogP contribution in [0, 0.1) is 24.0 Å². The van der Waals surface area contributed by atoms with Gasteiger partial charge < -0.3 is 15.6 Å². The summed E-state index contributed by atoms with van der Waals surface area (Å²) in [5, 5.41) is 17.7. The van der Waals surface area contributed by atoms with Crippen LogP contribution in [0.4, 0.5) is 17.1 Å². The van der Waals surface area contributed by atoms with Gasteiger partial charge in [0.25, 0.3) is 5.69 Å². The summed E-state index contributed by atoms with van der Waals surface area (Å²) in [6, 6.07) is 4.40. The zero-order valence-corrected chi connectivity index (χ0v) is 10.6. The summed E-state index contributed by atoms with van der Waals surface area (Å²) in [5.41, 5.74) is 8.25.